The number of likely N-dealkylation sites (N-methyl/N-ethyl adjacent to an activating group) is 1. The maximum atomic E-state index is 11.7. The lowest BCUT2D eigenvalue weighted by atomic mass is 10.2. The number of ether oxygens (including phenoxy) is 2. The Balaban J connectivity index is 2.10. The predicted molar refractivity (Wildman–Crippen MR) is 70.2 cm³/mol. The number of carbonyl (C=O) groups is 1. The van der Waals surface area contributed by atoms with Gasteiger partial charge in [0.05, 0.1) is 32.6 Å². The molecule has 19 heavy (non-hydrogen) atoms. The Kier molecular flexibility index (Phi) is 4.55. The van der Waals surface area contributed by atoms with E-state index in [1.807, 2.05) is 11.5 Å². The molecule has 1 aromatic rings. The average molecular weight is 267 g/mol. The van der Waals surface area contributed by atoms with Crippen molar-refractivity contribution in [3.8, 4) is 0 Å². The minimum absolute atomic E-state index is 0.0880. The van der Waals surface area contributed by atoms with Crippen molar-refractivity contribution in [3.63, 3.8) is 0 Å². The molecule has 1 saturated heterocycles. The van der Waals surface area contributed by atoms with Gasteiger partial charge in [0.25, 0.3) is 0 Å². The molecule has 1 aliphatic rings. The molecule has 6 heteroatoms. The summed E-state index contributed by atoms with van der Waals surface area (Å²) in [5, 5.41) is 0. The van der Waals surface area contributed by atoms with Gasteiger partial charge in [0.1, 0.15) is 11.5 Å². The molecule has 2 rings (SSSR count). The van der Waals surface area contributed by atoms with Gasteiger partial charge in [-0.15, -0.1) is 0 Å². The second-order valence-electron chi connectivity index (χ2n) is 4.68. The van der Waals surface area contributed by atoms with E-state index in [-0.39, 0.29) is 12.1 Å². The number of nitrogens with zero attached hydrogens (tertiary/aromatic N) is 3. The van der Waals surface area contributed by atoms with Crippen LogP contribution in [0.4, 0.5) is 0 Å². The Labute approximate surface area is 113 Å². The third kappa shape index (κ3) is 3.13. The zero-order chi connectivity index (χ0) is 13.8. The van der Waals surface area contributed by atoms with Gasteiger partial charge in [0, 0.05) is 13.1 Å². The summed E-state index contributed by atoms with van der Waals surface area (Å²) in [5.74, 6) is 0.446. The second-order valence-corrected chi connectivity index (χ2v) is 4.68. The normalized spacial score (nSPS) is 20.5. The summed E-state index contributed by atoms with van der Waals surface area (Å²) in [5.41, 5.74) is 0.484. The number of esters is 1. The summed E-state index contributed by atoms with van der Waals surface area (Å²) < 4.78 is 12.4. The van der Waals surface area contributed by atoms with E-state index in [2.05, 4.69) is 16.8 Å². The maximum absolute atomic E-state index is 11.7. The predicted octanol–water partition coefficient (Wildman–Crippen LogP) is 0.699. The number of aromatic nitrogens is 2. The molecule has 0 saturated carbocycles. The number of aryl methyl sites for hydroxylation is 1. The number of hydrogen-bond donors (Lipinski definition) is 0. The number of morpholine rings is 1. The van der Waals surface area contributed by atoms with Gasteiger partial charge in [-0.3, -0.25) is 4.90 Å². The lowest BCUT2D eigenvalue weighted by Gasteiger charge is -2.32. The first-order valence-corrected chi connectivity index (χ1v) is 6.60. The fraction of sp³-hybridized carbons (Fsp3) is 0.692. The van der Waals surface area contributed by atoms with Gasteiger partial charge >= 0.3 is 5.97 Å². The zero-order valence-corrected chi connectivity index (χ0v) is 11.8. The molecule has 0 aliphatic carbocycles. The van der Waals surface area contributed by atoms with Gasteiger partial charge in [0.2, 0.25) is 0 Å². The van der Waals surface area contributed by atoms with Gasteiger partial charge in [-0.2, -0.15) is 0 Å². The van der Waals surface area contributed by atoms with Crippen LogP contribution in [0.15, 0.2) is 6.20 Å². The Morgan fingerprint density at radius 1 is 1.63 bits per heavy atom. The average Bonchev–Trinajstić information content (AvgIpc) is 2.80. The molecule has 106 valence electrons. The molecule has 1 atom stereocenters. The van der Waals surface area contributed by atoms with Crippen LogP contribution in [0.2, 0.25) is 0 Å². The largest absolute Gasteiger partial charge is 0.464 e. The number of rotatable bonds is 4. The third-order valence-electron chi connectivity index (χ3n) is 3.51. The molecule has 1 unspecified atom stereocenters. The fourth-order valence-electron chi connectivity index (χ4n) is 2.35. The molecule has 0 N–H and O–H groups in total. The Morgan fingerprint density at radius 3 is 3.11 bits per heavy atom. The van der Waals surface area contributed by atoms with Crippen LogP contribution in [0.5, 0.6) is 0 Å². The van der Waals surface area contributed by atoms with E-state index in [1.54, 1.807) is 6.20 Å². The highest BCUT2D eigenvalue weighted by Gasteiger charge is 2.23. The Morgan fingerprint density at radius 2 is 2.42 bits per heavy atom. The van der Waals surface area contributed by atoms with Crippen LogP contribution in [0, 0.1) is 6.92 Å². The van der Waals surface area contributed by atoms with Crippen LogP contribution in [0.1, 0.15) is 23.2 Å². The molecule has 0 radical (unpaired) electrons. The molecule has 0 amide bonds. The molecule has 0 aromatic carbocycles. The first-order chi connectivity index (χ1) is 9.15. The van der Waals surface area contributed by atoms with Gasteiger partial charge in [-0.1, -0.05) is 6.92 Å². The van der Waals surface area contributed by atoms with Crippen molar-refractivity contribution < 1.29 is 14.3 Å². The maximum Gasteiger partial charge on any atom is 0.356 e. The lowest BCUT2D eigenvalue weighted by molar-refractivity contribution is -0.0348. The highest BCUT2D eigenvalue weighted by molar-refractivity contribution is 5.87. The number of hydrogen-bond acceptors (Lipinski definition) is 5. The van der Waals surface area contributed by atoms with E-state index in [4.69, 9.17) is 9.47 Å². The second kappa shape index (κ2) is 6.16. The van der Waals surface area contributed by atoms with Crippen molar-refractivity contribution in [1.29, 1.82) is 0 Å². The summed E-state index contributed by atoms with van der Waals surface area (Å²) in [6.45, 7) is 8.27. The number of methoxy groups -OCH3 is 1. The Hall–Kier alpha value is -1.40. The summed E-state index contributed by atoms with van der Waals surface area (Å²) in [6.07, 6.45) is 1.65. The van der Waals surface area contributed by atoms with Crippen LogP contribution < -0.4 is 0 Å². The highest BCUT2D eigenvalue weighted by atomic mass is 16.5. The molecular weight excluding hydrogens is 246 g/mol. The van der Waals surface area contributed by atoms with Crippen molar-refractivity contribution in [3.05, 3.63) is 17.7 Å². The minimum Gasteiger partial charge on any atom is -0.464 e. The topological polar surface area (TPSA) is 56.6 Å². The van der Waals surface area contributed by atoms with Gasteiger partial charge in [-0.25, -0.2) is 9.78 Å². The Bertz CT molecular complexity index is 444. The van der Waals surface area contributed by atoms with Crippen molar-refractivity contribution in [1.82, 2.24) is 14.5 Å². The van der Waals surface area contributed by atoms with E-state index in [1.165, 1.54) is 7.11 Å². The first-order valence-electron chi connectivity index (χ1n) is 6.60. The quantitative estimate of drug-likeness (QED) is 0.752. The summed E-state index contributed by atoms with van der Waals surface area (Å²) >= 11 is 0. The standard InChI is InChI=1S/C13H21N3O3/c1-4-15-5-6-19-11(8-15)9-16-10(2)14-7-12(16)13(17)18-3/h7,11H,4-6,8-9H2,1-3H3. The molecule has 0 spiro atoms. The van der Waals surface area contributed by atoms with Crippen LogP contribution in [0.3, 0.4) is 0 Å². The van der Waals surface area contributed by atoms with E-state index in [9.17, 15) is 4.79 Å². The monoisotopic (exact) mass is 267 g/mol. The van der Waals surface area contributed by atoms with Gasteiger partial charge in [0.15, 0.2) is 0 Å². The van der Waals surface area contributed by atoms with Crippen molar-refractivity contribution >= 4 is 5.97 Å². The van der Waals surface area contributed by atoms with Crippen molar-refractivity contribution in [2.45, 2.75) is 26.5 Å². The van der Waals surface area contributed by atoms with Crippen LogP contribution in [-0.4, -0.2) is 59.9 Å². The number of imidazole rings is 1. The zero-order valence-electron chi connectivity index (χ0n) is 11.8. The fourth-order valence-corrected chi connectivity index (χ4v) is 2.35. The smallest absolute Gasteiger partial charge is 0.356 e. The van der Waals surface area contributed by atoms with Gasteiger partial charge in [-0.05, 0) is 13.5 Å². The molecular formula is C13H21N3O3. The summed E-state index contributed by atoms with van der Waals surface area (Å²) in [7, 11) is 1.38. The number of carbonyl (C=O) groups excluding carboxylic acids is 1. The minimum atomic E-state index is -0.358. The summed E-state index contributed by atoms with van der Waals surface area (Å²) in [6, 6.07) is 0. The molecule has 2 heterocycles. The van der Waals surface area contributed by atoms with Crippen molar-refractivity contribution in [2.24, 2.45) is 0 Å². The van der Waals surface area contributed by atoms with Crippen LogP contribution >= 0.6 is 0 Å². The molecule has 1 fully saturated rings. The SMILES string of the molecule is CCN1CCOC(Cn2c(C(=O)OC)cnc2C)C1. The third-order valence-corrected chi connectivity index (χ3v) is 3.51. The van der Waals surface area contributed by atoms with E-state index >= 15 is 0 Å². The van der Waals surface area contributed by atoms with Gasteiger partial charge < -0.3 is 14.0 Å². The summed E-state index contributed by atoms with van der Waals surface area (Å²) in [4.78, 5) is 18.2. The highest BCUT2D eigenvalue weighted by Crippen LogP contribution is 2.12. The van der Waals surface area contributed by atoms with Crippen LogP contribution in [0.25, 0.3) is 0 Å². The van der Waals surface area contributed by atoms with E-state index in [0.717, 1.165) is 32.1 Å². The molecule has 1 aromatic heterocycles. The molecule has 0 bridgehead atoms. The molecule has 1 aliphatic heterocycles. The van der Waals surface area contributed by atoms with E-state index < -0.39 is 0 Å². The van der Waals surface area contributed by atoms with Crippen molar-refractivity contribution in [2.75, 3.05) is 33.4 Å². The lowest BCUT2D eigenvalue weighted by Crippen LogP contribution is -2.44. The first kappa shape index (κ1) is 14.0. The van der Waals surface area contributed by atoms with Crippen LogP contribution in [-0.2, 0) is 16.0 Å². The molecule has 6 nitrogen and oxygen atoms in total. The van der Waals surface area contributed by atoms with E-state index in [0.29, 0.717) is 12.2 Å².